The molecule has 2 aromatic carbocycles. The molecule has 3 aromatic rings. The van der Waals surface area contributed by atoms with E-state index in [9.17, 15) is 9.59 Å². The van der Waals surface area contributed by atoms with E-state index in [1.54, 1.807) is 30.3 Å². The molecular weight excluding hydrogens is 474 g/mol. The highest BCUT2D eigenvalue weighted by Crippen LogP contribution is 2.23. The second-order valence-electron chi connectivity index (χ2n) is 5.98. The molecule has 152 valence electrons. The average molecular weight is 489 g/mol. The summed E-state index contributed by atoms with van der Waals surface area (Å²) in [6.07, 6.45) is 1.42. The van der Waals surface area contributed by atoms with Crippen molar-refractivity contribution < 1.29 is 14.4 Å². The molecule has 0 aliphatic rings. The second kappa shape index (κ2) is 9.49. The predicted molar refractivity (Wildman–Crippen MR) is 118 cm³/mol. The van der Waals surface area contributed by atoms with E-state index < -0.39 is 11.8 Å². The van der Waals surface area contributed by atoms with Crippen molar-refractivity contribution >= 4 is 56.7 Å². The maximum atomic E-state index is 12.7. The number of benzene rings is 2. The van der Waals surface area contributed by atoms with Gasteiger partial charge in [-0.15, -0.1) is 0 Å². The molecule has 1 aromatic heterocycles. The van der Waals surface area contributed by atoms with E-state index in [1.165, 1.54) is 30.5 Å². The standard InChI is InChI=1S/C20H15BrClN5O3/c21-13-5-7-16(15(9-13)20(29)27-17-8-6-14(22)10-25-17)26-19(28)12-3-1-11(2-4-12)18(23)30-24/h1-10,23H,24H2,(H,26,28)(H,25,27,29). The molecule has 0 saturated carbocycles. The van der Waals surface area contributed by atoms with Crippen LogP contribution in [-0.2, 0) is 4.84 Å². The van der Waals surface area contributed by atoms with Gasteiger partial charge in [0.25, 0.3) is 11.8 Å². The summed E-state index contributed by atoms with van der Waals surface area (Å²) in [5.41, 5.74) is 1.31. The van der Waals surface area contributed by atoms with Crippen LogP contribution < -0.4 is 16.5 Å². The van der Waals surface area contributed by atoms with Crippen LogP contribution in [0, 0.1) is 5.41 Å². The molecule has 0 fully saturated rings. The second-order valence-corrected chi connectivity index (χ2v) is 7.34. The summed E-state index contributed by atoms with van der Waals surface area (Å²) in [5, 5.41) is 13.4. The normalized spacial score (nSPS) is 10.2. The van der Waals surface area contributed by atoms with Crippen LogP contribution in [0.1, 0.15) is 26.3 Å². The summed E-state index contributed by atoms with van der Waals surface area (Å²) < 4.78 is 0.666. The number of amides is 2. The Hall–Kier alpha value is -3.27. The number of nitrogens with one attached hydrogen (secondary N) is 3. The number of hydrogen-bond donors (Lipinski definition) is 4. The van der Waals surface area contributed by atoms with E-state index in [0.29, 0.717) is 32.1 Å². The first kappa shape index (κ1) is 21.4. The molecule has 10 heteroatoms. The Morgan fingerprint density at radius 3 is 2.33 bits per heavy atom. The van der Waals surface area contributed by atoms with Crippen LogP contribution in [0.4, 0.5) is 11.5 Å². The third kappa shape index (κ3) is 5.20. The molecule has 0 spiro atoms. The quantitative estimate of drug-likeness (QED) is 0.243. The van der Waals surface area contributed by atoms with Crippen molar-refractivity contribution in [1.82, 2.24) is 4.98 Å². The van der Waals surface area contributed by atoms with Crippen LogP contribution >= 0.6 is 27.5 Å². The summed E-state index contributed by atoms with van der Waals surface area (Å²) in [6.45, 7) is 0. The van der Waals surface area contributed by atoms with Gasteiger partial charge in [0.1, 0.15) is 5.82 Å². The van der Waals surface area contributed by atoms with Gasteiger partial charge < -0.3 is 15.5 Å². The molecule has 0 aliphatic carbocycles. The summed E-state index contributed by atoms with van der Waals surface area (Å²) >= 11 is 9.14. The summed E-state index contributed by atoms with van der Waals surface area (Å²) in [5.74, 6) is 4.19. The molecule has 3 rings (SSSR count). The number of pyridine rings is 1. The number of nitrogens with zero attached hydrogens (tertiary/aromatic N) is 1. The molecule has 0 unspecified atom stereocenters. The van der Waals surface area contributed by atoms with Gasteiger partial charge in [-0.1, -0.05) is 27.5 Å². The van der Waals surface area contributed by atoms with Gasteiger partial charge in [-0.2, -0.15) is 5.90 Å². The van der Waals surface area contributed by atoms with Crippen molar-refractivity contribution in [2.45, 2.75) is 0 Å². The molecule has 8 nitrogen and oxygen atoms in total. The first-order valence-corrected chi connectivity index (χ1v) is 9.64. The minimum Gasteiger partial charge on any atom is -0.391 e. The van der Waals surface area contributed by atoms with Crippen molar-refractivity contribution in [2.75, 3.05) is 10.6 Å². The third-order valence-corrected chi connectivity index (χ3v) is 4.69. The first-order valence-electron chi connectivity index (χ1n) is 8.47. The van der Waals surface area contributed by atoms with E-state index in [4.69, 9.17) is 22.9 Å². The summed E-state index contributed by atoms with van der Waals surface area (Å²) in [4.78, 5) is 33.8. The van der Waals surface area contributed by atoms with Gasteiger partial charge in [0.15, 0.2) is 0 Å². The fourth-order valence-corrected chi connectivity index (χ4v) is 2.96. The predicted octanol–water partition coefficient (Wildman–Crippen LogP) is 4.22. The van der Waals surface area contributed by atoms with Crippen LogP contribution in [0.25, 0.3) is 0 Å². The summed E-state index contributed by atoms with van der Waals surface area (Å²) in [6, 6.07) is 14.2. The lowest BCUT2D eigenvalue weighted by atomic mass is 10.1. The van der Waals surface area contributed by atoms with E-state index in [-0.39, 0.29) is 11.5 Å². The van der Waals surface area contributed by atoms with Crippen molar-refractivity contribution in [2.24, 2.45) is 5.90 Å². The highest BCUT2D eigenvalue weighted by Gasteiger charge is 2.16. The van der Waals surface area contributed by atoms with Crippen LogP contribution in [0.5, 0.6) is 0 Å². The number of aromatic nitrogens is 1. The number of rotatable bonds is 5. The molecule has 5 N–H and O–H groups in total. The molecule has 0 aliphatic heterocycles. The largest absolute Gasteiger partial charge is 0.391 e. The van der Waals surface area contributed by atoms with Gasteiger partial charge in [-0.05, 0) is 54.6 Å². The lowest BCUT2D eigenvalue weighted by molar-refractivity contribution is 0.102. The van der Waals surface area contributed by atoms with Crippen LogP contribution in [0.2, 0.25) is 5.02 Å². The minimum atomic E-state index is -0.453. The maximum Gasteiger partial charge on any atom is 0.258 e. The Morgan fingerprint density at radius 2 is 1.70 bits per heavy atom. The Labute approximate surface area is 185 Å². The molecule has 0 atom stereocenters. The van der Waals surface area contributed by atoms with E-state index in [0.717, 1.165) is 0 Å². The first-order chi connectivity index (χ1) is 14.4. The Kier molecular flexibility index (Phi) is 6.78. The molecule has 1 heterocycles. The number of carbonyl (C=O) groups is 2. The van der Waals surface area contributed by atoms with Crippen LogP contribution in [0.3, 0.4) is 0 Å². The zero-order valence-electron chi connectivity index (χ0n) is 15.3. The molecule has 0 radical (unpaired) electrons. The van der Waals surface area contributed by atoms with Gasteiger partial charge in [0.05, 0.1) is 16.3 Å². The number of anilines is 2. The van der Waals surface area contributed by atoms with Gasteiger partial charge in [-0.3, -0.25) is 15.0 Å². The molecule has 2 amide bonds. The minimum absolute atomic E-state index is 0.218. The lowest BCUT2D eigenvalue weighted by Crippen LogP contribution is -2.19. The van der Waals surface area contributed by atoms with Crippen molar-refractivity contribution in [1.29, 1.82) is 5.41 Å². The van der Waals surface area contributed by atoms with Gasteiger partial charge >= 0.3 is 0 Å². The van der Waals surface area contributed by atoms with Gasteiger partial charge in [0, 0.05) is 21.8 Å². The Morgan fingerprint density at radius 1 is 1.00 bits per heavy atom. The van der Waals surface area contributed by atoms with E-state index in [1.807, 2.05) is 0 Å². The highest BCUT2D eigenvalue weighted by molar-refractivity contribution is 9.10. The SMILES string of the molecule is N=C(ON)c1ccc(C(=O)Nc2ccc(Br)cc2C(=O)Nc2ccc(Cl)cn2)cc1. The van der Waals surface area contributed by atoms with E-state index in [2.05, 4.69) is 36.4 Å². The molecule has 30 heavy (non-hydrogen) atoms. The average Bonchev–Trinajstić information content (AvgIpc) is 2.76. The molecule has 0 bridgehead atoms. The lowest BCUT2D eigenvalue weighted by Gasteiger charge is -2.12. The number of nitrogens with two attached hydrogens (primary N) is 1. The Bertz CT molecular complexity index is 1100. The number of halogens is 2. The van der Waals surface area contributed by atoms with Crippen molar-refractivity contribution in [3.63, 3.8) is 0 Å². The van der Waals surface area contributed by atoms with Gasteiger partial charge in [-0.25, -0.2) is 4.98 Å². The Balaban J connectivity index is 1.80. The summed E-state index contributed by atoms with van der Waals surface area (Å²) in [7, 11) is 0. The third-order valence-electron chi connectivity index (χ3n) is 3.97. The van der Waals surface area contributed by atoms with Crippen molar-refractivity contribution in [3.8, 4) is 0 Å². The molecular formula is C20H15BrClN5O3. The fraction of sp³-hybridized carbons (Fsp3) is 0. The zero-order valence-corrected chi connectivity index (χ0v) is 17.6. The van der Waals surface area contributed by atoms with Gasteiger partial charge in [0.2, 0.25) is 5.90 Å². The highest BCUT2D eigenvalue weighted by atomic mass is 79.9. The smallest absolute Gasteiger partial charge is 0.258 e. The van der Waals surface area contributed by atoms with E-state index >= 15 is 0 Å². The fourth-order valence-electron chi connectivity index (χ4n) is 2.48. The number of hydrogen-bond acceptors (Lipinski definition) is 6. The van der Waals surface area contributed by atoms with Crippen LogP contribution in [-0.4, -0.2) is 22.7 Å². The zero-order chi connectivity index (χ0) is 21.7. The number of carbonyl (C=O) groups excluding carboxylic acids is 2. The topological polar surface area (TPSA) is 130 Å². The maximum absolute atomic E-state index is 12.7. The monoisotopic (exact) mass is 487 g/mol. The van der Waals surface area contributed by atoms with Crippen LogP contribution in [0.15, 0.2) is 65.3 Å². The molecule has 0 saturated heterocycles. The van der Waals surface area contributed by atoms with Crippen molar-refractivity contribution in [3.05, 3.63) is 87.0 Å².